The summed E-state index contributed by atoms with van der Waals surface area (Å²) >= 11 is 6.40. The van der Waals surface area contributed by atoms with E-state index >= 15 is 0 Å². The first-order chi connectivity index (χ1) is 9.39. The van der Waals surface area contributed by atoms with Gasteiger partial charge in [0, 0.05) is 6.04 Å². The number of imidazole rings is 1. The number of benzene rings is 1. The maximum absolute atomic E-state index is 6.40. The van der Waals surface area contributed by atoms with Gasteiger partial charge in [0.15, 0.2) is 0 Å². The molecule has 2 aromatic rings. The smallest absolute Gasteiger partial charge is 0.127 e. The molecule has 0 saturated heterocycles. The number of nitrogens with zero attached hydrogens (tertiary/aromatic N) is 2. The Morgan fingerprint density at radius 2 is 2.15 bits per heavy atom. The van der Waals surface area contributed by atoms with E-state index in [0.717, 1.165) is 11.3 Å². The molecule has 1 aromatic heterocycles. The molecule has 108 valence electrons. The number of fused-ring (bicyclic) bond motifs is 1. The van der Waals surface area contributed by atoms with Gasteiger partial charge in [-0.05, 0) is 50.2 Å². The molecule has 3 heteroatoms. The standard InChI is InChI=1S/C17H23ClN2/c1-11-6-5-7-14-15(11)19-16(12(2)18)20(14)13-8-9-17(3,4)10-13/h5-7,12-13H,8-10H2,1-4H3. The molecule has 1 aliphatic carbocycles. The zero-order chi connectivity index (χ0) is 14.5. The van der Waals surface area contributed by atoms with E-state index in [1.54, 1.807) is 0 Å². The quantitative estimate of drug-likeness (QED) is 0.678. The number of hydrogen-bond acceptors (Lipinski definition) is 1. The van der Waals surface area contributed by atoms with Crippen molar-refractivity contribution in [2.24, 2.45) is 5.41 Å². The number of alkyl halides is 1. The summed E-state index contributed by atoms with van der Waals surface area (Å²) in [5.74, 6) is 1.03. The highest BCUT2D eigenvalue weighted by atomic mass is 35.5. The van der Waals surface area contributed by atoms with Crippen LogP contribution >= 0.6 is 11.6 Å². The van der Waals surface area contributed by atoms with Gasteiger partial charge in [-0.3, -0.25) is 0 Å². The molecule has 0 radical (unpaired) electrons. The fraction of sp³-hybridized carbons (Fsp3) is 0.588. The van der Waals surface area contributed by atoms with E-state index in [9.17, 15) is 0 Å². The van der Waals surface area contributed by atoms with Crippen LogP contribution in [-0.2, 0) is 0 Å². The molecule has 3 rings (SSSR count). The van der Waals surface area contributed by atoms with Gasteiger partial charge in [0.05, 0.1) is 16.4 Å². The molecular weight excluding hydrogens is 268 g/mol. The molecule has 0 amide bonds. The molecule has 1 heterocycles. The van der Waals surface area contributed by atoms with Crippen LogP contribution in [0.2, 0.25) is 0 Å². The van der Waals surface area contributed by atoms with Crippen molar-refractivity contribution in [1.82, 2.24) is 9.55 Å². The summed E-state index contributed by atoms with van der Waals surface area (Å²) in [5, 5.41) is -0.0505. The van der Waals surface area contributed by atoms with Crippen molar-refractivity contribution in [3.63, 3.8) is 0 Å². The Kier molecular flexibility index (Phi) is 3.32. The summed E-state index contributed by atoms with van der Waals surface area (Å²) in [6.07, 6.45) is 3.71. The van der Waals surface area contributed by atoms with Gasteiger partial charge in [-0.2, -0.15) is 0 Å². The van der Waals surface area contributed by atoms with E-state index in [0.29, 0.717) is 11.5 Å². The van der Waals surface area contributed by atoms with Crippen LogP contribution in [0.3, 0.4) is 0 Å². The monoisotopic (exact) mass is 290 g/mol. The van der Waals surface area contributed by atoms with Crippen LogP contribution < -0.4 is 0 Å². The summed E-state index contributed by atoms with van der Waals surface area (Å²) < 4.78 is 2.41. The summed E-state index contributed by atoms with van der Waals surface area (Å²) in [5.41, 5.74) is 4.02. The van der Waals surface area contributed by atoms with Gasteiger partial charge in [-0.25, -0.2) is 4.98 Å². The maximum atomic E-state index is 6.40. The third kappa shape index (κ3) is 2.24. The molecule has 0 spiro atoms. The Balaban J connectivity index is 2.18. The summed E-state index contributed by atoms with van der Waals surface area (Å²) in [6.45, 7) is 8.87. The first-order valence-corrected chi connectivity index (χ1v) is 7.94. The van der Waals surface area contributed by atoms with Crippen molar-refractivity contribution in [2.75, 3.05) is 0 Å². The highest BCUT2D eigenvalue weighted by Crippen LogP contribution is 2.45. The van der Waals surface area contributed by atoms with E-state index in [2.05, 4.69) is 43.5 Å². The lowest BCUT2D eigenvalue weighted by atomic mass is 9.92. The lowest BCUT2D eigenvalue weighted by Gasteiger charge is -2.21. The fourth-order valence-electron chi connectivity index (χ4n) is 3.56. The molecule has 0 bridgehead atoms. The van der Waals surface area contributed by atoms with E-state index in [1.165, 1.54) is 30.3 Å². The van der Waals surface area contributed by atoms with Crippen molar-refractivity contribution < 1.29 is 0 Å². The van der Waals surface area contributed by atoms with Crippen LogP contribution in [-0.4, -0.2) is 9.55 Å². The Hall–Kier alpha value is -1.02. The Morgan fingerprint density at radius 3 is 2.75 bits per heavy atom. The van der Waals surface area contributed by atoms with Crippen molar-refractivity contribution in [1.29, 1.82) is 0 Å². The molecule has 20 heavy (non-hydrogen) atoms. The highest BCUT2D eigenvalue weighted by Gasteiger charge is 2.34. The summed E-state index contributed by atoms with van der Waals surface area (Å²) in [6, 6.07) is 6.97. The first kappa shape index (κ1) is 13.9. The number of hydrogen-bond donors (Lipinski definition) is 0. The minimum atomic E-state index is -0.0505. The van der Waals surface area contributed by atoms with Crippen LogP contribution in [0.1, 0.15) is 62.8 Å². The Labute approximate surface area is 126 Å². The zero-order valence-electron chi connectivity index (χ0n) is 12.8. The van der Waals surface area contributed by atoms with E-state index in [-0.39, 0.29) is 5.38 Å². The minimum Gasteiger partial charge on any atom is -0.324 e. The van der Waals surface area contributed by atoms with Crippen LogP contribution in [0.4, 0.5) is 0 Å². The average Bonchev–Trinajstić information content (AvgIpc) is 2.90. The van der Waals surface area contributed by atoms with Crippen LogP contribution in [0.15, 0.2) is 18.2 Å². The first-order valence-electron chi connectivity index (χ1n) is 7.50. The maximum Gasteiger partial charge on any atom is 0.127 e. The van der Waals surface area contributed by atoms with Crippen LogP contribution in [0, 0.1) is 12.3 Å². The Bertz CT molecular complexity index is 640. The minimum absolute atomic E-state index is 0.0505. The fourth-order valence-corrected chi connectivity index (χ4v) is 3.71. The van der Waals surface area contributed by atoms with Crippen molar-refractivity contribution in [3.8, 4) is 0 Å². The molecule has 1 saturated carbocycles. The van der Waals surface area contributed by atoms with Crippen molar-refractivity contribution in [2.45, 2.75) is 58.4 Å². The molecule has 0 N–H and O–H groups in total. The number of rotatable bonds is 2. The van der Waals surface area contributed by atoms with Gasteiger partial charge in [0.2, 0.25) is 0 Å². The van der Waals surface area contributed by atoms with Crippen LogP contribution in [0.25, 0.3) is 11.0 Å². The molecular formula is C17H23ClN2. The molecule has 1 aromatic carbocycles. The number of aryl methyl sites for hydroxylation is 1. The summed E-state index contributed by atoms with van der Waals surface area (Å²) in [7, 11) is 0. The van der Waals surface area contributed by atoms with Crippen molar-refractivity contribution >= 4 is 22.6 Å². The third-order valence-corrected chi connectivity index (χ3v) is 4.81. The molecule has 2 atom stereocenters. The van der Waals surface area contributed by atoms with Gasteiger partial charge in [0.1, 0.15) is 5.82 Å². The number of para-hydroxylation sites is 1. The second-order valence-electron chi connectivity index (χ2n) is 6.96. The lowest BCUT2D eigenvalue weighted by Crippen LogP contribution is -2.12. The van der Waals surface area contributed by atoms with E-state index in [4.69, 9.17) is 16.6 Å². The topological polar surface area (TPSA) is 17.8 Å². The molecule has 1 fully saturated rings. The molecule has 0 aliphatic heterocycles. The second-order valence-corrected chi connectivity index (χ2v) is 7.61. The van der Waals surface area contributed by atoms with Gasteiger partial charge in [-0.1, -0.05) is 26.0 Å². The van der Waals surface area contributed by atoms with Crippen molar-refractivity contribution in [3.05, 3.63) is 29.6 Å². The normalized spacial score (nSPS) is 23.4. The predicted molar refractivity (Wildman–Crippen MR) is 85.4 cm³/mol. The number of halogens is 1. The van der Waals surface area contributed by atoms with Crippen LogP contribution in [0.5, 0.6) is 0 Å². The molecule has 2 unspecified atom stereocenters. The average molecular weight is 291 g/mol. The van der Waals surface area contributed by atoms with Gasteiger partial charge in [-0.15, -0.1) is 11.6 Å². The largest absolute Gasteiger partial charge is 0.324 e. The summed E-state index contributed by atoms with van der Waals surface area (Å²) in [4.78, 5) is 4.84. The predicted octanol–water partition coefficient (Wildman–Crippen LogP) is 5.40. The lowest BCUT2D eigenvalue weighted by molar-refractivity contribution is 0.358. The third-order valence-electron chi connectivity index (χ3n) is 4.61. The van der Waals surface area contributed by atoms with Gasteiger partial charge < -0.3 is 4.57 Å². The van der Waals surface area contributed by atoms with Gasteiger partial charge >= 0.3 is 0 Å². The molecule has 2 nitrogen and oxygen atoms in total. The zero-order valence-corrected chi connectivity index (χ0v) is 13.5. The highest BCUT2D eigenvalue weighted by molar-refractivity contribution is 6.20. The van der Waals surface area contributed by atoms with E-state index in [1.807, 2.05) is 6.92 Å². The number of aromatic nitrogens is 2. The Morgan fingerprint density at radius 1 is 1.40 bits per heavy atom. The SMILES string of the molecule is Cc1cccc2c1nc(C(C)Cl)n2C1CCC(C)(C)C1. The molecule has 1 aliphatic rings. The second kappa shape index (κ2) is 4.77. The van der Waals surface area contributed by atoms with E-state index < -0.39 is 0 Å². The van der Waals surface area contributed by atoms with Gasteiger partial charge in [0.25, 0.3) is 0 Å².